The van der Waals surface area contributed by atoms with Crippen molar-refractivity contribution >= 4 is 29.1 Å². The van der Waals surface area contributed by atoms with Crippen molar-refractivity contribution in [2.24, 2.45) is 5.92 Å². The van der Waals surface area contributed by atoms with Gasteiger partial charge in [-0.3, -0.25) is 9.59 Å². The molecule has 0 radical (unpaired) electrons. The third-order valence-electron chi connectivity index (χ3n) is 3.54. The summed E-state index contributed by atoms with van der Waals surface area (Å²) in [6, 6.07) is 7.06. The van der Waals surface area contributed by atoms with Gasteiger partial charge in [0.05, 0.1) is 0 Å². The molecule has 0 bridgehead atoms. The summed E-state index contributed by atoms with van der Waals surface area (Å²) in [4.78, 5) is 27.3. The zero-order valence-corrected chi connectivity index (χ0v) is 12.9. The average molecular weight is 311 g/mol. The fourth-order valence-electron chi connectivity index (χ4n) is 2.25. The lowest BCUT2D eigenvalue weighted by Crippen LogP contribution is -2.55. The fraction of sp³-hybridized carbons (Fsp3) is 0.467. The van der Waals surface area contributed by atoms with E-state index < -0.39 is 6.10 Å². The molecule has 1 atom stereocenters. The van der Waals surface area contributed by atoms with E-state index in [0.717, 1.165) is 5.69 Å². The van der Waals surface area contributed by atoms with Crippen LogP contribution in [0.3, 0.4) is 0 Å². The average Bonchev–Trinajstić information content (AvgIpc) is 2.45. The van der Waals surface area contributed by atoms with Gasteiger partial charge in [0.15, 0.2) is 0 Å². The highest BCUT2D eigenvalue weighted by Crippen LogP contribution is 2.21. The topological polar surface area (TPSA) is 60.9 Å². The van der Waals surface area contributed by atoms with E-state index in [4.69, 9.17) is 11.6 Å². The molecule has 1 saturated heterocycles. The summed E-state index contributed by atoms with van der Waals surface area (Å²) in [6.45, 7) is 4.32. The molecule has 1 aromatic rings. The lowest BCUT2D eigenvalue weighted by Gasteiger charge is -2.35. The number of aliphatic hydroxyl groups is 1. The van der Waals surface area contributed by atoms with E-state index in [1.807, 2.05) is 6.07 Å². The highest BCUT2D eigenvalue weighted by Gasteiger charge is 2.32. The van der Waals surface area contributed by atoms with Crippen LogP contribution in [0.4, 0.5) is 5.69 Å². The Labute approximate surface area is 129 Å². The minimum atomic E-state index is -1.06. The van der Waals surface area contributed by atoms with Crippen LogP contribution in [0.25, 0.3) is 0 Å². The third kappa shape index (κ3) is 3.54. The third-order valence-corrected chi connectivity index (χ3v) is 3.77. The predicted octanol–water partition coefficient (Wildman–Crippen LogP) is 1.53. The Hall–Kier alpha value is -1.59. The molecule has 5 nitrogen and oxygen atoms in total. The molecule has 1 aliphatic heterocycles. The Bertz CT molecular complexity index is 547. The van der Waals surface area contributed by atoms with Gasteiger partial charge in [-0.25, -0.2) is 0 Å². The second-order valence-corrected chi connectivity index (χ2v) is 5.91. The first-order chi connectivity index (χ1) is 9.90. The lowest BCUT2D eigenvalue weighted by molar-refractivity contribution is -0.146. The molecule has 0 spiro atoms. The normalized spacial score (nSPS) is 17.3. The van der Waals surface area contributed by atoms with Gasteiger partial charge < -0.3 is 14.9 Å². The van der Waals surface area contributed by atoms with Crippen molar-refractivity contribution in [3.8, 4) is 0 Å². The van der Waals surface area contributed by atoms with Gasteiger partial charge in [-0.05, 0) is 24.1 Å². The first-order valence-electron chi connectivity index (χ1n) is 6.93. The van der Waals surface area contributed by atoms with Gasteiger partial charge in [-0.15, -0.1) is 0 Å². The number of hydrogen-bond acceptors (Lipinski definition) is 3. The van der Waals surface area contributed by atoms with Crippen LogP contribution in [0.2, 0.25) is 5.02 Å². The zero-order chi connectivity index (χ0) is 15.6. The van der Waals surface area contributed by atoms with Crippen LogP contribution in [0.5, 0.6) is 0 Å². The summed E-state index contributed by atoms with van der Waals surface area (Å²) in [5.41, 5.74) is 0.726. The van der Waals surface area contributed by atoms with E-state index in [1.54, 1.807) is 36.9 Å². The monoisotopic (exact) mass is 310 g/mol. The number of carbonyl (C=O) groups excluding carboxylic acids is 2. The molecular formula is C15H19ClN2O3. The van der Waals surface area contributed by atoms with E-state index in [9.17, 15) is 14.7 Å². The van der Waals surface area contributed by atoms with Crippen molar-refractivity contribution in [3.63, 3.8) is 0 Å². The SMILES string of the molecule is CC(C)[C@@H](O)C(=O)N1CCN(c2cccc(Cl)c2)C(=O)C1. The highest BCUT2D eigenvalue weighted by molar-refractivity contribution is 6.30. The van der Waals surface area contributed by atoms with E-state index in [0.29, 0.717) is 18.1 Å². The minimum Gasteiger partial charge on any atom is -0.383 e. The second kappa shape index (κ2) is 6.45. The maximum absolute atomic E-state index is 12.2. The number of aliphatic hydroxyl groups excluding tert-OH is 1. The van der Waals surface area contributed by atoms with Gasteiger partial charge in [0, 0.05) is 23.8 Å². The number of nitrogens with zero attached hydrogens (tertiary/aromatic N) is 2. The molecule has 114 valence electrons. The number of piperazine rings is 1. The van der Waals surface area contributed by atoms with Gasteiger partial charge in [-0.1, -0.05) is 31.5 Å². The smallest absolute Gasteiger partial charge is 0.252 e. The van der Waals surface area contributed by atoms with E-state index in [-0.39, 0.29) is 24.3 Å². The molecule has 1 fully saturated rings. The molecule has 2 amide bonds. The van der Waals surface area contributed by atoms with E-state index >= 15 is 0 Å². The van der Waals surface area contributed by atoms with E-state index in [2.05, 4.69) is 0 Å². The van der Waals surface area contributed by atoms with Crippen molar-refractivity contribution in [2.45, 2.75) is 20.0 Å². The van der Waals surface area contributed by atoms with Crippen LogP contribution in [0.15, 0.2) is 24.3 Å². The zero-order valence-electron chi connectivity index (χ0n) is 12.1. The molecule has 0 aliphatic carbocycles. The summed E-state index contributed by atoms with van der Waals surface area (Å²) in [7, 11) is 0. The standard InChI is InChI=1S/C15H19ClN2O3/c1-10(2)14(20)15(21)17-6-7-18(13(19)9-17)12-5-3-4-11(16)8-12/h3-5,8,10,14,20H,6-7,9H2,1-2H3/t14-/m1/s1. The van der Waals surface area contributed by atoms with Crippen LogP contribution in [0.1, 0.15) is 13.8 Å². The van der Waals surface area contributed by atoms with Gasteiger partial charge in [0.2, 0.25) is 5.91 Å². The van der Waals surface area contributed by atoms with E-state index in [1.165, 1.54) is 4.90 Å². The summed E-state index contributed by atoms with van der Waals surface area (Å²) >= 11 is 5.93. The summed E-state index contributed by atoms with van der Waals surface area (Å²) in [5, 5.41) is 10.4. The molecule has 1 heterocycles. The first kappa shape index (κ1) is 15.8. The van der Waals surface area contributed by atoms with Crippen molar-refractivity contribution in [1.29, 1.82) is 0 Å². The Balaban J connectivity index is 2.06. The van der Waals surface area contributed by atoms with Gasteiger partial charge in [-0.2, -0.15) is 0 Å². The number of benzene rings is 1. The Kier molecular flexibility index (Phi) is 4.85. The molecule has 1 aromatic carbocycles. The number of amides is 2. The number of halogens is 1. The molecule has 2 rings (SSSR count). The van der Waals surface area contributed by atoms with Crippen LogP contribution in [-0.4, -0.2) is 47.6 Å². The largest absolute Gasteiger partial charge is 0.383 e. The van der Waals surface area contributed by atoms with Crippen LogP contribution in [-0.2, 0) is 9.59 Å². The van der Waals surface area contributed by atoms with Crippen molar-refractivity contribution in [2.75, 3.05) is 24.5 Å². The van der Waals surface area contributed by atoms with Crippen LogP contribution >= 0.6 is 11.6 Å². The molecule has 0 saturated carbocycles. The Morgan fingerprint density at radius 1 is 1.33 bits per heavy atom. The van der Waals surface area contributed by atoms with Gasteiger partial charge in [0.1, 0.15) is 12.6 Å². The minimum absolute atomic E-state index is 0.0187. The summed E-state index contributed by atoms with van der Waals surface area (Å²) < 4.78 is 0. The maximum atomic E-state index is 12.2. The van der Waals surface area contributed by atoms with Crippen molar-refractivity contribution in [3.05, 3.63) is 29.3 Å². The quantitative estimate of drug-likeness (QED) is 0.921. The lowest BCUT2D eigenvalue weighted by atomic mass is 10.1. The van der Waals surface area contributed by atoms with Crippen LogP contribution in [0, 0.1) is 5.92 Å². The molecular weight excluding hydrogens is 292 g/mol. The molecule has 6 heteroatoms. The molecule has 1 aliphatic rings. The Morgan fingerprint density at radius 3 is 2.62 bits per heavy atom. The molecule has 0 aromatic heterocycles. The Morgan fingerprint density at radius 2 is 2.05 bits per heavy atom. The van der Waals surface area contributed by atoms with Crippen molar-refractivity contribution < 1.29 is 14.7 Å². The predicted molar refractivity (Wildman–Crippen MR) is 81.2 cm³/mol. The fourth-order valence-corrected chi connectivity index (χ4v) is 2.44. The highest BCUT2D eigenvalue weighted by atomic mass is 35.5. The van der Waals surface area contributed by atoms with Crippen molar-refractivity contribution in [1.82, 2.24) is 4.90 Å². The second-order valence-electron chi connectivity index (χ2n) is 5.47. The number of carbonyl (C=O) groups is 2. The van der Waals surface area contributed by atoms with Crippen LogP contribution < -0.4 is 4.90 Å². The number of anilines is 1. The summed E-state index contributed by atoms with van der Waals surface area (Å²) in [6.07, 6.45) is -1.06. The van der Waals surface area contributed by atoms with Gasteiger partial charge in [0.25, 0.3) is 5.91 Å². The first-order valence-corrected chi connectivity index (χ1v) is 7.30. The number of hydrogen-bond donors (Lipinski definition) is 1. The summed E-state index contributed by atoms with van der Waals surface area (Å²) in [5.74, 6) is -0.726. The van der Waals surface area contributed by atoms with Gasteiger partial charge >= 0.3 is 0 Å². The molecule has 0 unspecified atom stereocenters. The molecule has 21 heavy (non-hydrogen) atoms. The maximum Gasteiger partial charge on any atom is 0.252 e. The number of rotatable bonds is 3. The molecule has 1 N–H and O–H groups in total.